The molecule has 10 rings (SSSR count). The Bertz CT molecular complexity index is 2880. The summed E-state index contributed by atoms with van der Waals surface area (Å²) in [5.74, 6) is 0. The summed E-state index contributed by atoms with van der Waals surface area (Å²) in [4.78, 5) is 0. The zero-order valence-corrected chi connectivity index (χ0v) is 25.2. The van der Waals surface area contributed by atoms with Crippen LogP contribution in [0.4, 0.5) is 0 Å². The van der Waals surface area contributed by atoms with Crippen LogP contribution in [0.1, 0.15) is 5.56 Å². The molecule has 47 heavy (non-hydrogen) atoms. The molecule has 0 aliphatic heterocycles. The lowest BCUT2D eigenvalue weighted by Gasteiger charge is -2.14. The molecule has 0 spiro atoms. The van der Waals surface area contributed by atoms with Crippen LogP contribution in [0.5, 0.6) is 0 Å². The highest BCUT2D eigenvalue weighted by Crippen LogP contribution is 2.40. The van der Waals surface area contributed by atoms with Crippen LogP contribution in [-0.2, 0) is 0 Å². The fraction of sp³-hybridized carbons (Fsp3) is 0. The second kappa shape index (κ2) is 9.71. The molecule has 0 unspecified atom stereocenters. The maximum atomic E-state index is 10.3. The Balaban J connectivity index is 1.20. The summed E-state index contributed by atoms with van der Waals surface area (Å²) in [6.07, 6.45) is 0. The minimum atomic E-state index is 0.633. The van der Waals surface area contributed by atoms with Crippen molar-refractivity contribution in [2.24, 2.45) is 0 Å². The molecule has 4 nitrogen and oxygen atoms in total. The molecule has 0 fully saturated rings. The van der Waals surface area contributed by atoms with Crippen LogP contribution in [0.25, 0.3) is 88.1 Å². The third kappa shape index (κ3) is 3.69. The summed E-state index contributed by atoms with van der Waals surface area (Å²) < 4.78 is 10.9. The molecule has 218 valence electrons. The molecule has 10 aromatic rings. The van der Waals surface area contributed by atoms with Crippen molar-refractivity contribution in [2.75, 3.05) is 0 Å². The Hall–Kier alpha value is -6.57. The maximum Gasteiger partial charge on any atom is 0.137 e. The molecule has 0 atom stereocenters. The summed E-state index contributed by atoms with van der Waals surface area (Å²) in [6.45, 7) is 0. The van der Waals surface area contributed by atoms with Gasteiger partial charge in [-0.05, 0) is 66.2 Å². The predicted octanol–water partition coefficient (Wildman–Crippen LogP) is 11.3. The number of para-hydroxylation sites is 4. The number of nitrogens with zero attached hydrogens (tertiary/aromatic N) is 3. The molecule has 7 aromatic carbocycles. The van der Waals surface area contributed by atoms with E-state index in [2.05, 4.69) is 143 Å². The number of nitriles is 1. The van der Waals surface area contributed by atoms with Crippen LogP contribution in [0.3, 0.4) is 0 Å². The van der Waals surface area contributed by atoms with E-state index in [1.165, 1.54) is 21.5 Å². The number of benzene rings is 7. The number of furan rings is 1. The van der Waals surface area contributed by atoms with Crippen molar-refractivity contribution in [3.05, 3.63) is 157 Å². The molecule has 3 aromatic heterocycles. The van der Waals surface area contributed by atoms with Crippen molar-refractivity contribution in [3.8, 4) is 28.6 Å². The molecule has 0 aliphatic rings. The summed E-state index contributed by atoms with van der Waals surface area (Å²) in [7, 11) is 0. The van der Waals surface area contributed by atoms with Gasteiger partial charge in [-0.15, -0.1) is 0 Å². The van der Waals surface area contributed by atoms with Gasteiger partial charge in [0.25, 0.3) is 0 Å². The van der Waals surface area contributed by atoms with Crippen LogP contribution in [0, 0.1) is 11.3 Å². The second-order valence-electron chi connectivity index (χ2n) is 12.1. The van der Waals surface area contributed by atoms with E-state index in [0.29, 0.717) is 5.56 Å². The lowest BCUT2D eigenvalue weighted by molar-refractivity contribution is 0.669. The van der Waals surface area contributed by atoms with Crippen molar-refractivity contribution in [1.29, 1.82) is 5.26 Å². The Labute approximate surface area is 269 Å². The zero-order chi connectivity index (χ0) is 31.1. The molecular formula is C43H25N3O. The fourth-order valence-electron chi connectivity index (χ4n) is 7.49. The average molecular weight is 600 g/mol. The Morgan fingerprint density at radius 1 is 0.426 bits per heavy atom. The van der Waals surface area contributed by atoms with Gasteiger partial charge < -0.3 is 13.6 Å². The summed E-state index contributed by atoms with van der Waals surface area (Å²) in [5, 5.41) is 17.3. The van der Waals surface area contributed by atoms with E-state index >= 15 is 0 Å². The lowest BCUT2D eigenvalue weighted by Crippen LogP contribution is -1.97. The highest BCUT2D eigenvalue weighted by molar-refractivity contribution is 6.17. The highest BCUT2D eigenvalue weighted by atomic mass is 16.3. The molecule has 0 amide bonds. The summed E-state index contributed by atoms with van der Waals surface area (Å²) >= 11 is 0. The topological polar surface area (TPSA) is 46.8 Å². The van der Waals surface area contributed by atoms with Gasteiger partial charge in [0.05, 0.1) is 33.7 Å². The van der Waals surface area contributed by atoms with Crippen molar-refractivity contribution >= 4 is 65.6 Å². The predicted molar refractivity (Wildman–Crippen MR) is 193 cm³/mol. The molecular weight excluding hydrogens is 574 g/mol. The van der Waals surface area contributed by atoms with Crippen molar-refractivity contribution in [2.45, 2.75) is 0 Å². The standard InChI is InChI=1S/C43H25N3O/c44-26-28-20-21-30(46-40-18-7-3-14-33(40)36-24-37-34-15-4-8-19-42(34)47-43(37)25-41(36)46)23-35(28)27-10-9-11-29(22-27)45-38-16-5-1-12-31(38)32-13-2-6-17-39(32)45/h1-25H. The van der Waals surface area contributed by atoms with Gasteiger partial charge in [0.2, 0.25) is 0 Å². The molecule has 0 N–H and O–H groups in total. The zero-order valence-electron chi connectivity index (χ0n) is 25.2. The van der Waals surface area contributed by atoms with Crippen LogP contribution >= 0.6 is 0 Å². The van der Waals surface area contributed by atoms with E-state index in [1.807, 2.05) is 24.3 Å². The highest BCUT2D eigenvalue weighted by Gasteiger charge is 2.18. The first-order valence-corrected chi connectivity index (χ1v) is 15.7. The minimum Gasteiger partial charge on any atom is -0.456 e. The van der Waals surface area contributed by atoms with Crippen LogP contribution in [0.2, 0.25) is 0 Å². The van der Waals surface area contributed by atoms with Crippen LogP contribution in [-0.4, -0.2) is 9.13 Å². The van der Waals surface area contributed by atoms with E-state index in [0.717, 1.165) is 66.5 Å². The normalized spacial score (nSPS) is 11.8. The van der Waals surface area contributed by atoms with E-state index in [1.54, 1.807) is 0 Å². The first-order chi connectivity index (χ1) is 23.3. The quantitative estimate of drug-likeness (QED) is 0.203. The molecule has 4 heteroatoms. The van der Waals surface area contributed by atoms with E-state index in [4.69, 9.17) is 4.42 Å². The number of aromatic nitrogens is 2. The van der Waals surface area contributed by atoms with E-state index in [9.17, 15) is 5.26 Å². The van der Waals surface area contributed by atoms with Gasteiger partial charge in [0.1, 0.15) is 11.2 Å². The van der Waals surface area contributed by atoms with Gasteiger partial charge in [-0.25, -0.2) is 0 Å². The third-order valence-corrected chi connectivity index (χ3v) is 9.55. The Morgan fingerprint density at radius 3 is 1.72 bits per heavy atom. The fourth-order valence-corrected chi connectivity index (χ4v) is 7.49. The van der Waals surface area contributed by atoms with Crippen LogP contribution in [0.15, 0.2) is 156 Å². The Morgan fingerprint density at radius 2 is 1.02 bits per heavy atom. The number of fused-ring (bicyclic) bond motifs is 9. The molecule has 0 saturated carbocycles. The summed E-state index contributed by atoms with van der Waals surface area (Å²) in [5.41, 5.74) is 10.8. The van der Waals surface area contributed by atoms with Gasteiger partial charge in [-0.2, -0.15) is 5.26 Å². The lowest BCUT2D eigenvalue weighted by atomic mass is 9.99. The maximum absolute atomic E-state index is 10.3. The minimum absolute atomic E-state index is 0.633. The number of rotatable bonds is 3. The smallest absolute Gasteiger partial charge is 0.137 e. The van der Waals surface area contributed by atoms with Gasteiger partial charge in [0.15, 0.2) is 0 Å². The number of hydrogen-bond acceptors (Lipinski definition) is 2. The van der Waals surface area contributed by atoms with Crippen molar-refractivity contribution < 1.29 is 4.42 Å². The SMILES string of the molecule is N#Cc1ccc(-n2c3ccccc3c3cc4c(cc32)oc2ccccc24)cc1-c1cccc(-n2c3ccccc3c3ccccc32)c1. The van der Waals surface area contributed by atoms with Gasteiger partial charge >= 0.3 is 0 Å². The molecule has 3 heterocycles. The molecule has 0 saturated heterocycles. The average Bonchev–Trinajstić information content (AvgIpc) is 3.78. The van der Waals surface area contributed by atoms with Gasteiger partial charge in [-0.3, -0.25) is 0 Å². The third-order valence-electron chi connectivity index (χ3n) is 9.55. The molecule has 0 aliphatic carbocycles. The first kappa shape index (κ1) is 25.7. The second-order valence-corrected chi connectivity index (χ2v) is 12.1. The molecule has 0 bridgehead atoms. The monoisotopic (exact) mass is 599 g/mol. The largest absolute Gasteiger partial charge is 0.456 e. The molecule has 0 radical (unpaired) electrons. The Kier molecular flexibility index (Phi) is 5.32. The van der Waals surface area contributed by atoms with Crippen molar-refractivity contribution in [3.63, 3.8) is 0 Å². The van der Waals surface area contributed by atoms with Gasteiger partial charge in [-0.1, -0.05) is 84.9 Å². The first-order valence-electron chi connectivity index (χ1n) is 15.7. The number of hydrogen-bond donors (Lipinski definition) is 0. The van der Waals surface area contributed by atoms with Crippen molar-refractivity contribution in [1.82, 2.24) is 9.13 Å². The summed E-state index contributed by atoms with van der Waals surface area (Å²) in [6, 6.07) is 55.3. The van der Waals surface area contributed by atoms with E-state index < -0.39 is 0 Å². The van der Waals surface area contributed by atoms with E-state index in [-0.39, 0.29) is 0 Å². The van der Waals surface area contributed by atoms with Crippen LogP contribution < -0.4 is 0 Å². The van der Waals surface area contributed by atoms with Gasteiger partial charge in [0, 0.05) is 55.3 Å².